The lowest BCUT2D eigenvalue weighted by molar-refractivity contribution is -0.128. The summed E-state index contributed by atoms with van der Waals surface area (Å²) in [6, 6.07) is 11.9. The van der Waals surface area contributed by atoms with Crippen molar-refractivity contribution in [3.8, 4) is 0 Å². The molecule has 2 aromatic carbocycles. The lowest BCUT2D eigenvalue weighted by Gasteiger charge is -2.40. The first-order valence-corrected chi connectivity index (χ1v) is 14.5. The second-order valence-electron chi connectivity index (χ2n) is 11.8. The first-order chi connectivity index (χ1) is 19.7. The van der Waals surface area contributed by atoms with Crippen molar-refractivity contribution in [1.29, 1.82) is 0 Å². The summed E-state index contributed by atoms with van der Waals surface area (Å²) in [5.74, 6) is -2.28. The molecule has 4 atom stereocenters. The van der Waals surface area contributed by atoms with Gasteiger partial charge in [0.15, 0.2) is 0 Å². The first kappa shape index (κ1) is 25.3. The van der Waals surface area contributed by atoms with Crippen molar-refractivity contribution in [2.45, 2.75) is 49.6 Å². The average Bonchev–Trinajstić information content (AvgIpc) is 3.39. The molecule has 0 bridgehead atoms. The largest absolute Gasteiger partial charge is 0.478 e. The van der Waals surface area contributed by atoms with E-state index in [0.717, 1.165) is 29.8 Å². The summed E-state index contributed by atoms with van der Waals surface area (Å²) in [6.45, 7) is 2.47. The van der Waals surface area contributed by atoms with Crippen LogP contribution in [-0.2, 0) is 16.8 Å². The standard InChI is InChI=1S/C31H25Cl2FN4O3/c1-14-12-37-23-11-22-25(28(23)36-24(37)10-18(14)29(39)40)26(17-3-2-4-20(33)27(17)34)31(38(22)13-15-5-6-15)19-8-7-16(32)9-21(19)35-30(31)41/h2-4,7-10,12,15,22,25-26H,5-6,11,13H2,1H3,(H,35,41)(H,39,40)/t22?,25-,26+,31-/m1/s1. The minimum Gasteiger partial charge on any atom is -0.478 e. The number of nitrogens with zero attached hydrogens (tertiary/aromatic N) is 3. The van der Waals surface area contributed by atoms with Crippen LogP contribution in [0, 0.1) is 18.7 Å². The van der Waals surface area contributed by atoms with Gasteiger partial charge in [0.2, 0.25) is 5.91 Å². The second kappa shape index (κ2) is 8.53. The van der Waals surface area contributed by atoms with Crippen molar-refractivity contribution in [1.82, 2.24) is 14.3 Å². The summed E-state index contributed by atoms with van der Waals surface area (Å²) in [6.07, 6.45) is 4.58. The number of rotatable bonds is 4. The molecule has 1 saturated heterocycles. The molecule has 2 aliphatic heterocycles. The highest BCUT2D eigenvalue weighted by Gasteiger charge is 2.69. The minimum absolute atomic E-state index is 0.000441. The highest BCUT2D eigenvalue weighted by atomic mass is 35.5. The van der Waals surface area contributed by atoms with Gasteiger partial charge in [-0.25, -0.2) is 14.2 Å². The van der Waals surface area contributed by atoms with Crippen molar-refractivity contribution in [3.63, 3.8) is 0 Å². The van der Waals surface area contributed by atoms with Gasteiger partial charge in [-0.3, -0.25) is 9.69 Å². The van der Waals surface area contributed by atoms with Gasteiger partial charge in [0.1, 0.15) is 17.0 Å². The Morgan fingerprint density at radius 1 is 1.22 bits per heavy atom. The van der Waals surface area contributed by atoms with E-state index in [1.165, 1.54) is 6.07 Å². The van der Waals surface area contributed by atoms with Gasteiger partial charge in [0, 0.05) is 59.0 Å². The molecule has 2 aromatic heterocycles. The molecule has 1 amide bonds. The number of halogens is 3. The van der Waals surface area contributed by atoms with E-state index in [4.69, 9.17) is 28.2 Å². The van der Waals surface area contributed by atoms with E-state index < -0.39 is 23.2 Å². The Labute approximate surface area is 244 Å². The number of benzene rings is 2. The fourth-order valence-corrected chi connectivity index (χ4v) is 8.12. The summed E-state index contributed by atoms with van der Waals surface area (Å²) < 4.78 is 18.1. The number of aryl methyl sites for hydroxylation is 1. The number of carboxylic acids is 1. The maximum Gasteiger partial charge on any atom is 0.336 e. The number of carbonyl (C=O) groups is 2. The van der Waals surface area contributed by atoms with Crippen LogP contribution in [0.1, 0.15) is 63.1 Å². The summed E-state index contributed by atoms with van der Waals surface area (Å²) in [5.41, 5.74) is 3.67. The maximum absolute atomic E-state index is 16.1. The van der Waals surface area contributed by atoms with Crippen molar-refractivity contribution in [2.24, 2.45) is 5.92 Å². The molecule has 41 heavy (non-hydrogen) atoms. The van der Waals surface area contributed by atoms with E-state index in [2.05, 4.69) is 10.2 Å². The number of nitrogens with one attached hydrogen (secondary N) is 1. The smallest absolute Gasteiger partial charge is 0.336 e. The summed E-state index contributed by atoms with van der Waals surface area (Å²) in [4.78, 5) is 33.6. The number of carbonyl (C=O) groups excluding carboxylic acids is 1. The molecular weight excluding hydrogens is 566 g/mol. The molecule has 8 rings (SSSR count). The zero-order valence-electron chi connectivity index (χ0n) is 22.0. The molecule has 0 radical (unpaired) electrons. The van der Waals surface area contributed by atoms with Crippen molar-refractivity contribution < 1.29 is 19.1 Å². The molecule has 2 N–H and O–H groups in total. The molecule has 2 fully saturated rings. The maximum atomic E-state index is 16.1. The van der Waals surface area contributed by atoms with Crippen LogP contribution in [-0.4, -0.2) is 43.9 Å². The van der Waals surface area contributed by atoms with Gasteiger partial charge in [0.05, 0.1) is 16.3 Å². The Bertz CT molecular complexity index is 1840. The number of pyridine rings is 1. The number of amides is 1. The zero-order chi connectivity index (χ0) is 28.4. The number of hydrogen-bond acceptors (Lipinski definition) is 4. The van der Waals surface area contributed by atoms with E-state index in [1.807, 2.05) is 16.7 Å². The van der Waals surface area contributed by atoms with Gasteiger partial charge < -0.3 is 14.8 Å². The predicted octanol–water partition coefficient (Wildman–Crippen LogP) is 6.15. The fraction of sp³-hybridized carbons (Fsp3) is 0.323. The third-order valence-corrected chi connectivity index (χ3v) is 10.1. The van der Waals surface area contributed by atoms with Gasteiger partial charge in [-0.1, -0.05) is 41.4 Å². The normalized spacial score (nSPS) is 26.4. The number of imidazole rings is 1. The highest BCUT2D eigenvalue weighted by molar-refractivity contribution is 6.31. The van der Waals surface area contributed by atoms with Gasteiger partial charge in [-0.2, -0.15) is 0 Å². The van der Waals surface area contributed by atoms with Crippen LogP contribution < -0.4 is 5.32 Å². The van der Waals surface area contributed by atoms with Crippen LogP contribution in [0.15, 0.2) is 48.7 Å². The van der Waals surface area contributed by atoms with E-state index in [9.17, 15) is 14.7 Å². The Hall–Kier alpha value is -3.46. The number of anilines is 1. The Morgan fingerprint density at radius 3 is 2.78 bits per heavy atom. The summed E-state index contributed by atoms with van der Waals surface area (Å²) in [7, 11) is 0. The number of hydrogen-bond donors (Lipinski definition) is 2. The van der Waals surface area contributed by atoms with Crippen molar-refractivity contribution in [3.05, 3.63) is 98.2 Å². The molecule has 1 spiro atoms. The molecule has 4 aromatic rings. The Balaban J connectivity index is 1.42. The molecule has 1 unspecified atom stereocenters. The van der Waals surface area contributed by atoms with Gasteiger partial charge >= 0.3 is 5.97 Å². The first-order valence-electron chi connectivity index (χ1n) is 13.8. The Morgan fingerprint density at radius 2 is 2.02 bits per heavy atom. The zero-order valence-corrected chi connectivity index (χ0v) is 23.5. The molecule has 10 heteroatoms. The lowest BCUT2D eigenvalue weighted by Crippen LogP contribution is -2.53. The molecule has 7 nitrogen and oxygen atoms in total. The van der Waals surface area contributed by atoms with Crippen LogP contribution >= 0.6 is 23.2 Å². The van der Waals surface area contributed by atoms with E-state index in [-0.39, 0.29) is 28.5 Å². The second-order valence-corrected chi connectivity index (χ2v) is 12.6. The van der Waals surface area contributed by atoms with Crippen LogP contribution in [0.5, 0.6) is 0 Å². The van der Waals surface area contributed by atoms with E-state index in [1.54, 1.807) is 37.3 Å². The monoisotopic (exact) mass is 590 g/mol. The van der Waals surface area contributed by atoms with Crippen LogP contribution in [0.25, 0.3) is 5.65 Å². The predicted molar refractivity (Wildman–Crippen MR) is 152 cm³/mol. The number of aromatic nitrogens is 2. The van der Waals surface area contributed by atoms with Crippen molar-refractivity contribution >= 4 is 46.4 Å². The van der Waals surface area contributed by atoms with Gasteiger partial charge in [0.25, 0.3) is 0 Å². The molecule has 4 heterocycles. The Kier molecular flexibility index (Phi) is 5.26. The topological polar surface area (TPSA) is 86.9 Å². The van der Waals surface area contributed by atoms with Crippen LogP contribution in [0.2, 0.25) is 10.0 Å². The van der Waals surface area contributed by atoms with E-state index >= 15 is 4.39 Å². The number of carboxylic acid groups (broad SMARTS) is 1. The summed E-state index contributed by atoms with van der Waals surface area (Å²) in [5, 5.41) is 13.3. The van der Waals surface area contributed by atoms with Crippen molar-refractivity contribution in [2.75, 3.05) is 11.9 Å². The fourth-order valence-electron chi connectivity index (χ4n) is 7.77. The van der Waals surface area contributed by atoms with E-state index in [0.29, 0.717) is 46.4 Å². The molecular formula is C31H25Cl2FN4O3. The average molecular weight is 591 g/mol. The van der Waals surface area contributed by atoms with Gasteiger partial charge in [-0.15, -0.1) is 0 Å². The van der Waals surface area contributed by atoms with Gasteiger partial charge in [-0.05, 0) is 61.1 Å². The number of aromatic carboxylic acids is 1. The van der Waals surface area contributed by atoms with Crippen LogP contribution in [0.4, 0.5) is 10.1 Å². The number of fused-ring (bicyclic) bond motifs is 7. The third-order valence-electron chi connectivity index (χ3n) is 9.57. The number of likely N-dealkylation sites (tertiary alicyclic amines) is 1. The molecule has 4 aliphatic rings. The molecule has 208 valence electrons. The highest BCUT2D eigenvalue weighted by Crippen LogP contribution is 2.65. The third kappa shape index (κ3) is 3.32. The molecule has 1 saturated carbocycles. The lowest BCUT2D eigenvalue weighted by atomic mass is 9.71. The molecule has 2 aliphatic carbocycles. The minimum atomic E-state index is -1.20. The quantitative estimate of drug-likeness (QED) is 0.297. The summed E-state index contributed by atoms with van der Waals surface area (Å²) >= 11 is 12.7. The SMILES string of the molecule is Cc1cn2c3c(nc2cc1C(=O)O)[C@@H]1C(C3)N(CC2CC2)[C@@]2(C(=O)Nc3cc(Cl)ccc32)[C@H]1c1cccc(Cl)c1F. The van der Waals surface area contributed by atoms with Crippen LogP contribution in [0.3, 0.4) is 0 Å².